The first kappa shape index (κ1) is 8.79. The van der Waals surface area contributed by atoms with E-state index in [1.54, 1.807) is 0 Å². The lowest BCUT2D eigenvalue weighted by Crippen LogP contribution is -2.27. The second-order valence-electron chi connectivity index (χ2n) is 3.52. The minimum Gasteiger partial charge on any atom is -0.390 e. The molecule has 0 bridgehead atoms. The Labute approximate surface area is 69.1 Å². The highest BCUT2D eigenvalue weighted by atomic mass is 16.3. The van der Waals surface area contributed by atoms with E-state index >= 15 is 0 Å². The van der Waals surface area contributed by atoms with Gasteiger partial charge < -0.3 is 5.11 Å². The number of hydrogen-bond donors (Lipinski definition) is 1. The highest BCUT2D eigenvalue weighted by Crippen LogP contribution is 2.27. The first-order valence-electron chi connectivity index (χ1n) is 4.64. The van der Waals surface area contributed by atoms with E-state index in [0.29, 0.717) is 0 Å². The molecule has 11 heavy (non-hydrogen) atoms. The van der Waals surface area contributed by atoms with Gasteiger partial charge in [0.15, 0.2) is 0 Å². The molecule has 1 aliphatic rings. The molecular formula is C10H18O. The summed E-state index contributed by atoms with van der Waals surface area (Å²) in [6, 6.07) is 0. The highest BCUT2D eigenvalue weighted by Gasteiger charge is 2.24. The molecule has 1 aliphatic carbocycles. The van der Waals surface area contributed by atoms with Crippen molar-refractivity contribution < 1.29 is 5.11 Å². The molecule has 0 aliphatic heterocycles. The maximum Gasteiger partial charge on any atom is 0.0653 e. The van der Waals surface area contributed by atoms with E-state index in [2.05, 4.69) is 19.1 Å². The van der Waals surface area contributed by atoms with Crippen LogP contribution in [0.2, 0.25) is 0 Å². The first-order chi connectivity index (χ1) is 5.27. The van der Waals surface area contributed by atoms with Crippen molar-refractivity contribution in [3.05, 3.63) is 12.2 Å². The molecular weight excluding hydrogens is 136 g/mol. The minimum absolute atomic E-state index is 0.349. The van der Waals surface area contributed by atoms with Crippen molar-refractivity contribution in [3.8, 4) is 0 Å². The third-order valence-corrected chi connectivity index (χ3v) is 2.43. The third kappa shape index (κ3) is 2.66. The van der Waals surface area contributed by atoms with E-state index in [9.17, 15) is 5.11 Å². The van der Waals surface area contributed by atoms with Crippen LogP contribution in [0.4, 0.5) is 0 Å². The molecule has 0 unspecified atom stereocenters. The maximum atomic E-state index is 10.0. The van der Waals surface area contributed by atoms with Gasteiger partial charge in [0.2, 0.25) is 0 Å². The molecule has 0 aromatic rings. The van der Waals surface area contributed by atoms with E-state index in [1.807, 2.05) is 0 Å². The van der Waals surface area contributed by atoms with Crippen molar-refractivity contribution in [1.82, 2.24) is 0 Å². The summed E-state index contributed by atoms with van der Waals surface area (Å²) in [5, 5.41) is 10.0. The van der Waals surface area contributed by atoms with Crippen LogP contribution in [-0.2, 0) is 0 Å². The van der Waals surface area contributed by atoms with Gasteiger partial charge in [0.05, 0.1) is 5.60 Å². The van der Waals surface area contributed by atoms with Crippen molar-refractivity contribution in [2.75, 3.05) is 0 Å². The van der Waals surface area contributed by atoms with Crippen LogP contribution >= 0.6 is 0 Å². The summed E-state index contributed by atoms with van der Waals surface area (Å²) in [7, 11) is 0. The Balaban J connectivity index is 2.42. The molecule has 64 valence electrons. The molecule has 0 radical (unpaired) electrons. The van der Waals surface area contributed by atoms with Crippen molar-refractivity contribution in [2.45, 2.75) is 51.0 Å². The van der Waals surface area contributed by atoms with Crippen molar-refractivity contribution in [1.29, 1.82) is 0 Å². The molecule has 1 rings (SSSR count). The molecule has 0 atom stereocenters. The van der Waals surface area contributed by atoms with Crippen LogP contribution in [0, 0.1) is 0 Å². The quantitative estimate of drug-likeness (QED) is 0.606. The van der Waals surface area contributed by atoms with Crippen LogP contribution in [0.25, 0.3) is 0 Å². The summed E-state index contributed by atoms with van der Waals surface area (Å²) < 4.78 is 0. The van der Waals surface area contributed by atoms with Gasteiger partial charge in [0.1, 0.15) is 0 Å². The van der Waals surface area contributed by atoms with Gasteiger partial charge in [-0.2, -0.15) is 0 Å². The van der Waals surface area contributed by atoms with Crippen LogP contribution in [0.3, 0.4) is 0 Å². The molecule has 1 N–H and O–H groups in total. The largest absolute Gasteiger partial charge is 0.390 e. The summed E-state index contributed by atoms with van der Waals surface area (Å²) in [6.45, 7) is 2.14. The smallest absolute Gasteiger partial charge is 0.0653 e. The van der Waals surface area contributed by atoms with E-state index in [4.69, 9.17) is 0 Å². The summed E-state index contributed by atoms with van der Waals surface area (Å²) in [4.78, 5) is 0. The lowest BCUT2D eigenvalue weighted by Gasteiger charge is -2.25. The van der Waals surface area contributed by atoms with Gasteiger partial charge in [-0.25, -0.2) is 0 Å². The van der Waals surface area contributed by atoms with E-state index in [0.717, 1.165) is 38.5 Å². The Morgan fingerprint density at radius 2 is 1.82 bits per heavy atom. The second-order valence-corrected chi connectivity index (χ2v) is 3.52. The molecule has 0 saturated carbocycles. The molecule has 1 heteroatoms. The van der Waals surface area contributed by atoms with Crippen LogP contribution in [0.15, 0.2) is 12.2 Å². The fourth-order valence-electron chi connectivity index (χ4n) is 1.78. The molecule has 0 spiro atoms. The maximum absolute atomic E-state index is 10.0. The molecule has 0 amide bonds. The van der Waals surface area contributed by atoms with Gasteiger partial charge in [0.25, 0.3) is 0 Å². The molecule has 0 aromatic carbocycles. The van der Waals surface area contributed by atoms with Crippen molar-refractivity contribution >= 4 is 0 Å². The standard InChI is InChI=1S/C10H18O/c1-2-7-10(11)8-5-3-4-6-9-10/h3-4,11H,2,5-9H2,1H3. The van der Waals surface area contributed by atoms with Gasteiger partial charge in [-0.15, -0.1) is 0 Å². The highest BCUT2D eigenvalue weighted by molar-refractivity contribution is 4.93. The van der Waals surface area contributed by atoms with Crippen LogP contribution in [0.5, 0.6) is 0 Å². The SMILES string of the molecule is CCCC1(O)CCC=CCC1. The summed E-state index contributed by atoms with van der Waals surface area (Å²) in [6.07, 6.45) is 10.5. The van der Waals surface area contributed by atoms with E-state index in [1.165, 1.54) is 0 Å². The Hall–Kier alpha value is -0.300. The van der Waals surface area contributed by atoms with Gasteiger partial charge in [-0.05, 0) is 32.1 Å². The topological polar surface area (TPSA) is 20.2 Å². The molecule has 1 nitrogen and oxygen atoms in total. The number of hydrogen-bond acceptors (Lipinski definition) is 1. The third-order valence-electron chi connectivity index (χ3n) is 2.43. The monoisotopic (exact) mass is 154 g/mol. The molecule has 0 aromatic heterocycles. The van der Waals surface area contributed by atoms with Crippen LogP contribution in [0.1, 0.15) is 45.4 Å². The van der Waals surface area contributed by atoms with Crippen LogP contribution in [-0.4, -0.2) is 10.7 Å². The minimum atomic E-state index is -0.349. The van der Waals surface area contributed by atoms with Crippen LogP contribution < -0.4 is 0 Å². The molecule has 0 heterocycles. The first-order valence-corrected chi connectivity index (χ1v) is 4.64. The zero-order valence-electron chi connectivity index (χ0n) is 7.34. The van der Waals surface area contributed by atoms with Gasteiger partial charge >= 0.3 is 0 Å². The number of aliphatic hydroxyl groups is 1. The second kappa shape index (κ2) is 3.91. The van der Waals surface area contributed by atoms with Gasteiger partial charge in [-0.3, -0.25) is 0 Å². The zero-order valence-corrected chi connectivity index (χ0v) is 7.34. The number of rotatable bonds is 2. The summed E-state index contributed by atoms with van der Waals surface area (Å²) in [5.74, 6) is 0. The predicted octanol–water partition coefficient (Wildman–Crippen LogP) is 2.65. The fourth-order valence-corrected chi connectivity index (χ4v) is 1.78. The van der Waals surface area contributed by atoms with Gasteiger partial charge in [0, 0.05) is 0 Å². The van der Waals surface area contributed by atoms with Crippen molar-refractivity contribution in [2.24, 2.45) is 0 Å². The lowest BCUT2D eigenvalue weighted by molar-refractivity contribution is 0.0172. The predicted molar refractivity (Wildman–Crippen MR) is 47.5 cm³/mol. The average molecular weight is 154 g/mol. The molecule has 0 fully saturated rings. The normalized spacial score (nSPS) is 23.1. The fraction of sp³-hybridized carbons (Fsp3) is 0.800. The van der Waals surface area contributed by atoms with Gasteiger partial charge in [-0.1, -0.05) is 25.5 Å². The average Bonchev–Trinajstić information content (AvgIpc) is 2.15. The molecule has 0 saturated heterocycles. The van der Waals surface area contributed by atoms with Crippen molar-refractivity contribution in [3.63, 3.8) is 0 Å². The number of allylic oxidation sites excluding steroid dienone is 2. The van der Waals surface area contributed by atoms with E-state index < -0.39 is 0 Å². The Morgan fingerprint density at radius 1 is 1.27 bits per heavy atom. The lowest BCUT2D eigenvalue weighted by atomic mass is 9.90. The Kier molecular flexibility index (Phi) is 3.13. The Bertz CT molecular complexity index is 128. The summed E-state index contributed by atoms with van der Waals surface area (Å²) >= 11 is 0. The zero-order chi connectivity index (χ0) is 8.16. The van der Waals surface area contributed by atoms with E-state index in [-0.39, 0.29) is 5.60 Å². The Morgan fingerprint density at radius 3 is 2.27 bits per heavy atom. The summed E-state index contributed by atoms with van der Waals surface area (Å²) in [5.41, 5.74) is -0.349.